The second kappa shape index (κ2) is 3.45. The van der Waals surface area contributed by atoms with E-state index in [0.717, 1.165) is 25.7 Å². The molecule has 1 fully saturated rings. The summed E-state index contributed by atoms with van der Waals surface area (Å²) in [6, 6.07) is 2.21. The van der Waals surface area contributed by atoms with Gasteiger partial charge in [0, 0.05) is 0 Å². The van der Waals surface area contributed by atoms with Crippen molar-refractivity contribution < 1.29 is 5.11 Å². The summed E-state index contributed by atoms with van der Waals surface area (Å²) in [7, 11) is 0. The lowest BCUT2D eigenvalue weighted by Crippen LogP contribution is -2.39. The molecule has 0 spiro atoms. The summed E-state index contributed by atoms with van der Waals surface area (Å²) in [5.74, 6) is 0.122. The fraction of sp³-hybridized carbons (Fsp3) is 0.900. The van der Waals surface area contributed by atoms with Crippen LogP contribution in [0.15, 0.2) is 0 Å². The first kappa shape index (κ1) is 9.54. The molecule has 1 saturated carbocycles. The van der Waals surface area contributed by atoms with E-state index in [1.165, 1.54) is 0 Å². The molecule has 1 rings (SSSR count). The van der Waals surface area contributed by atoms with Crippen LogP contribution in [0, 0.1) is 23.2 Å². The topological polar surface area (TPSA) is 44.0 Å². The van der Waals surface area contributed by atoms with Gasteiger partial charge in [0.15, 0.2) is 0 Å². The van der Waals surface area contributed by atoms with Gasteiger partial charge < -0.3 is 5.11 Å². The molecule has 1 aliphatic rings. The van der Waals surface area contributed by atoms with Gasteiger partial charge >= 0.3 is 0 Å². The van der Waals surface area contributed by atoms with Crippen molar-refractivity contribution in [3.05, 3.63) is 0 Å². The Labute approximate surface area is 74.2 Å². The van der Waals surface area contributed by atoms with E-state index in [1.807, 2.05) is 13.8 Å². The lowest BCUT2D eigenvalue weighted by Gasteiger charge is -2.31. The van der Waals surface area contributed by atoms with Gasteiger partial charge in [-0.3, -0.25) is 0 Å². The highest BCUT2D eigenvalue weighted by atomic mass is 16.3. The summed E-state index contributed by atoms with van der Waals surface area (Å²) in [6.45, 7) is 4.02. The second-order valence-corrected chi connectivity index (χ2v) is 3.87. The molecule has 3 unspecified atom stereocenters. The summed E-state index contributed by atoms with van der Waals surface area (Å²) in [4.78, 5) is 0. The highest BCUT2D eigenvalue weighted by molar-refractivity contribution is 5.03. The summed E-state index contributed by atoms with van der Waals surface area (Å²) in [6.07, 6.45) is 3.70. The average Bonchev–Trinajstić information content (AvgIpc) is 2.36. The number of hydrogen-bond donors (Lipinski definition) is 1. The fourth-order valence-corrected chi connectivity index (χ4v) is 2.26. The van der Waals surface area contributed by atoms with Crippen LogP contribution >= 0.6 is 0 Å². The van der Waals surface area contributed by atoms with Gasteiger partial charge in [-0.15, -0.1) is 0 Å². The van der Waals surface area contributed by atoms with E-state index in [9.17, 15) is 5.11 Å². The Morgan fingerprint density at radius 2 is 2.42 bits per heavy atom. The molecule has 68 valence electrons. The fourth-order valence-electron chi connectivity index (χ4n) is 2.26. The zero-order valence-electron chi connectivity index (χ0n) is 7.88. The SMILES string of the molecule is CCC(C#N)C1(O)CCCC1C. The first-order valence-electron chi connectivity index (χ1n) is 4.77. The van der Waals surface area contributed by atoms with Crippen LogP contribution in [0.2, 0.25) is 0 Å². The largest absolute Gasteiger partial charge is 0.388 e. The minimum atomic E-state index is -0.691. The molecule has 1 N–H and O–H groups in total. The van der Waals surface area contributed by atoms with Gasteiger partial charge in [0.2, 0.25) is 0 Å². The van der Waals surface area contributed by atoms with E-state index >= 15 is 0 Å². The predicted molar refractivity (Wildman–Crippen MR) is 47.4 cm³/mol. The molecule has 0 saturated heterocycles. The van der Waals surface area contributed by atoms with Crippen LogP contribution in [0.3, 0.4) is 0 Å². The van der Waals surface area contributed by atoms with E-state index in [1.54, 1.807) is 0 Å². The summed E-state index contributed by atoms with van der Waals surface area (Å²) in [5.41, 5.74) is -0.691. The zero-order valence-corrected chi connectivity index (χ0v) is 7.88. The van der Waals surface area contributed by atoms with Crippen molar-refractivity contribution in [3.63, 3.8) is 0 Å². The highest BCUT2D eigenvalue weighted by Gasteiger charge is 2.44. The van der Waals surface area contributed by atoms with Gasteiger partial charge in [0.25, 0.3) is 0 Å². The molecule has 0 bridgehead atoms. The molecule has 0 aliphatic heterocycles. The van der Waals surface area contributed by atoms with Crippen molar-refractivity contribution in [2.75, 3.05) is 0 Å². The van der Waals surface area contributed by atoms with Crippen LogP contribution in [0.4, 0.5) is 0 Å². The minimum Gasteiger partial charge on any atom is -0.388 e. The molecule has 0 aromatic carbocycles. The Hall–Kier alpha value is -0.550. The third kappa shape index (κ3) is 1.34. The molecule has 0 aromatic heterocycles. The number of nitriles is 1. The lowest BCUT2D eigenvalue weighted by atomic mass is 9.79. The van der Waals surface area contributed by atoms with Gasteiger partial charge in [0.1, 0.15) is 0 Å². The lowest BCUT2D eigenvalue weighted by molar-refractivity contribution is -0.0279. The van der Waals surface area contributed by atoms with Gasteiger partial charge in [0.05, 0.1) is 17.6 Å². The third-order valence-electron chi connectivity index (χ3n) is 3.24. The maximum Gasteiger partial charge on any atom is 0.0830 e. The molecule has 2 heteroatoms. The first-order valence-corrected chi connectivity index (χ1v) is 4.77. The van der Waals surface area contributed by atoms with E-state index < -0.39 is 5.60 Å². The van der Waals surface area contributed by atoms with Crippen LogP contribution < -0.4 is 0 Å². The maximum absolute atomic E-state index is 10.2. The van der Waals surface area contributed by atoms with Gasteiger partial charge in [-0.2, -0.15) is 5.26 Å². The molecule has 1 aliphatic carbocycles. The smallest absolute Gasteiger partial charge is 0.0830 e. The molecule has 3 atom stereocenters. The number of nitrogens with zero attached hydrogens (tertiary/aromatic N) is 1. The number of aliphatic hydroxyl groups is 1. The van der Waals surface area contributed by atoms with Crippen molar-refractivity contribution in [1.82, 2.24) is 0 Å². The van der Waals surface area contributed by atoms with Crippen molar-refractivity contribution in [2.45, 2.75) is 45.1 Å². The zero-order chi connectivity index (χ0) is 9.19. The normalized spacial score (nSPS) is 37.7. The van der Waals surface area contributed by atoms with Crippen LogP contribution in [0.1, 0.15) is 39.5 Å². The molecular weight excluding hydrogens is 150 g/mol. The molecule has 0 amide bonds. The molecule has 0 aromatic rings. The Kier molecular flexibility index (Phi) is 2.74. The van der Waals surface area contributed by atoms with Crippen molar-refractivity contribution in [2.24, 2.45) is 11.8 Å². The summed E-state index contributed by atoms with van der Waals surface area (Å²) in [5, 5.41) is 19.1. The summed E-state index contributed by atoms with van der Waals surface area (Å²) < 4.78 is 0. The van der Waals surface area contributed by atoms with Crippen LogP contribution in [0.5, 0.6) is 0 Å². The van der Waals surface area contributed by atoms with Crippen molar-refractivity contribution >= 4 is 0 Å². The number of hydrogen-bond acceptors (Lipinski definition) is 2. The molecule has 12 heavy (non-hydrogen) atoms. The average molecular weight is 167 g/mol. The minimum absolute atomic E-state index is 0.171. The standard InChI is InChI=1S/C10H17NO/c1-3-9(7-11)10(12)6-4-5-8(10)2/h8-9,12H,3-6H2,1-2H3. The van der Waals surface area contributed by atoms with Crippen molar-refractivity contribution in [3.8, 4) is 6.07 Å². The Bertz CT molecular complexity index is 197. The van der Waals surface area contributed by atoms with Gasteiger partial charge in [-0.05, 0) is 25.2 Å². The Morgan fingerprint density at radius 1 is 1.75 bits per heavy atom. The number of rotatable bonds is 2. The quantitative estimate of drug-likeness (QED) is 0.684. The van der Waals surface area contributed by atoms with E-state index in [4.69, 9.17) is 5.26 Å². The maximum atomic E-state index is 10.2. The van der Waals surface area contributed by atoms with E-state index in [0.29, 0.717) is 5.92 Å². The second-order valence-electron chi connectivity index (χ2n) is 3.87. The first-order chi connectivity index (χ1) is 5.65. The summed E-state index contributed by atoms with van der Waals surface area (Å²) >= 11 is 0. The van der Waals surface area contributed by atoms with Gasteiger partial charge in [-0.1, -0.05) is 20.3 Å². The predicted octanol–water partition coefficient (Wildman–Crippen LogP) is 2.09. The van der Waals surface area contributed by atoms with Gasteiger partial charge in [-0.25, -0.2) is 0 Å². The van der Waals surface area contributed by atoms with Crippen LogP contribution in [0.25, 0.3) is 0 Å². The monoisotopic (exact) mass is 167 g/mol. The molecule has 2 nitrogen and oxygen atoms in total. The third-order valence-corrected chi connectivity index (χ3v) is 3.24. The molecular formula is C10H17NO. The molecule has 0 heterocycles. The van der Waals surface area contributed by atoms with E-state index in [-0.39, 0.29) is 5.92 Å². The van der Waals surface area contributed by atoms with Crippen LogP contribution in [-0.2, 0) is 0 Å². The molecule has 0 radical (unpaired) electrons. The van der Waals surface area contributed by atoms with Crippen molar-refractivity contribution in [1.29, 1.82) is 5.26 Å². The van der Waals surface area contributed by atoms with Crippen LogP contribution in [-0.4, -0.2) is 10.7 Å². The Morgan fingerprint density at radius 3 is 2.75 bits per heavy atom. The Balaban J connectivity index is 2.76. The highest BCUT2D eigenvalue weighted by Crippen LogP contribution is 2.41. The van der Waals surface area contributed by atoms with E-state index in [2.05, 4.69) is 6.07 Å².